The van der Waals surface area contributed by atoms with Gasteiger partial charge in [-0.15, -0.1) is 0 Å². The first-order valence-corrected chi connectivity index (χ1v) is 4.96. The molecule has 0 aliphatic rings. The highest BCUT2D eigenvalue weighted by Crippen LogP contribution is 2.24. The van der Waals surface area contributed by atoms with E-state index in [0.717, 1.165) is 0 Å². The smallest absolute Gasteiger partial charge is 0.260 e. The van der Waals surface area contributed by atoms with Gasteiger partial charge in [0.2, 0.25) is 0 Å². The van der Waals surface area contributed by atoms with E-state index in [1.807, 2.05) is 0 Å². The molecule has 2 rings (SSSR count). The molecule has 0 aliphatic heterocycles. The van der Waals surface area contributed by atoms with Crippen LogP contribution in [0.1, 0.15) is 10.4 Å². The van der Waals surface area contributed by atoms with Gasteiger partial charge in [-0.2, -0.15) is 5.10 Å². The maximum absolute atomic E-state index is 11.8. The number of para-hydroxylation sites is 1. The summed E-state index contributed by atoms with van der Waals surface area (Å²) in [7, 11) is 1.74. The van der Waals surface area contributed by atoms with Crippen LogP contribution in [0.3, 0.4) is 0 Å². The Bertz CT molecular complexity index is 562. The number of amides is 1. The molecule has 0 aliphatic carbocycles. The summed E-state index contributed by atoms with van der Waals surface area (Å²) in [4.78, 5) is 11.8. The fraction of sp³-hybridized carbons (Fsp3) is 0.0909. The van der Waals surface area contributed by atoms with E-state index < -0.39 is 5.91 Å². The molecule has 17 heavy (non-hydrogen) atoms. The maximum atomic E-state index is 11.8. The van der Waals surface area contributed by atoms with E-state index in [1.165, 1.54) is 12.1 Å². The van der Waals surface area contributed by atoms with Gasteiger partial charge in [0, 0.05) is 19.3 Å². The van der Waals surface area contributed by atoms with Crippen LogP contribution in [0, 0.1) is 0 Å². The number of aryl methyl sites for hydroxylation is 1. The minimum absolute atomic E-state index is 0.121. The second-order valence-electron chi connectivity index (χ2n) is 3.57. The summed E-state index contributed by atoms with van der Waals surface area (Å²) < 4.78 is 1.56. The van der Waals surface area contributed by atoms with Gasteiger partial charge in [-0.05, 0) is 12.1 Å². The molecule has 0 radical (unpaired) electrons. The summed E-state index contributed by atoms with van der Waals surface area (Å²) in [6, 6.07) is 6.26. The van der Waals surface area contributed by atoms with Crippen molar-refractivity contribution >= 4 is 17.4 Å². The molecular weight excluding hydrogens is 220 g/mol. The molecule has 0 unspecified atom stereocenters. The number of aromatic nitrogens is 2. The highest BCUT2D eigenvalue weighted by molar-refractivity contribution is 6.06. The number of hydrogen-bond acceptors (Lipinski definition) is 4. The molecule has 1 aromatic heterocycles. The van der Waals surface area contributed by atoms with Crippen LogP contribution in [-0.4, -0.2) is 20.8 Å². The Balaban J connectivity index is 2.23. The summed E-state index contributed by atoms with van der Waals surface area (Å²) in [6.45, 7) is 0. The normalized spacial score (nSPS) is 10.2. The molecule has 88 valence electrons. The van der Waals surface area contributed by atoms with E-state index in [0.29, 0.717) is 5.82 Å². The Morgan fingerprint density at radius 3 is 2.88 bits per heavy atom. The first-order chi connectivity index (χ1) is 8.08. The standard InChI is InChI=1S/C11H12N4O2/c1-15-6-5-9(14-15)13-11(17)7-3-2-4-8(12)10(7)16/h2-6,16H,12H2,1H3,(H,13,14,17). The Morgan fingerprint density at radius 1 is 1.47 bits per heavy atom. The zero-order valence-electron chi connectivity index (χ0n) is 9.21. The van der Waals surface area contributed by atoms with Crippen molar-refractivity contribution in [1.82, 2.24) is 9.78 Å². The minimum atomic E-state index is -0.450. The number of rotatable bonds is 2. The van der Waals surface area contributed by atoms with E-state index in [1.54, 1.807) is 30.1 Å². The lowest BCUT2D eigenvalue weighted by Gasteiger charge is -2.06. The van der Waals surface area contributed by atoms with Gasteiger partial charge in [-0.25, -0.2) is 0 Å². The second kappa shape index (κ2) is 4.17. The van der Waals surface area contributed by atoms with Crippen molar-refractivity contribution in [1.29, 1.82) is 0 Å². The van der Waals surface area contributed by atoms with Gasteiger partial charge < -0.3 is 16.2 Å². The average molecular weight is 232 g/mol. The molecule has 0 spiro atoms. The largest absolute Gasteiger partial charge is 0.505 e. The Morgan fingerprint density at radius 2 is 2.24 bits per heavy atom. The summed E-state index contributed by atoms with van der Waals surface area (Å²) in [5, 5.41) is 16.2. The van der Waals surface area contributed by atoms with Gasteiger partial charge in [0.15, 0.2) is 11.6 Å². The first kappa shape index (κ1) is 11.0. The zero-order chi connectivity index (χ0) is 12.4. The molecule has 6 heteroatoms. The van der Waals surface area contributed by atoms with Crippen molar-refractivity contribution in [2.75, 3.05) is 11.1 Å². The lowest BCUT2D eigenvalue weighted by atomic mass is 10.1. The van der Waals surface area contributed by atoms with Crippen molar-refractivity contribution < 1.29 is 9.90 Å². The average Bonchev–Trinajstić information content (AvgIpc) is 2.68. The van der Waals surface area contributed by atoms with Crippen molar-refractivity contribution in [3.8, 4) is 5.75 Å². The number of nitrogen functional groups attached to an aromatic ring is 1. The van der Waals surface area contributed by atoms with Crippen molar-refractivity contribution in [3.63, 3.8) is 0 Å². The second-order valence-corrected chi connectivity index (χ2v) is 3.57. The Labute approximate surface area is 97.7 Å². The predicted octanol–water partition coefficient (Wildman–Crippen LogP) is 0.960. The van der Waals surface area contributed by atoms with Gasteiger partial charge >= 0.3 is 0 Å². The molecular formula is C11H12N4O2. The number of carbonyl (C=O) groups excluding carboxylic acids is 1. The first-order valence-electron chi connectivity index (χ1n) is 4.96. The van der Waals surface area contributed by atoms with Gasteiger partial charge in [0.05, 0.1) is 11.3 Å². The van der Waals surface area contributed by atoms with Crippen LogP contribution in [0.2, 0.25) is 0 Å². The number of hydrogen-bond donors (Lipinski definition) is 3. The number of benzene rings is 1. The molecule has 4 N–H and O–H groups in total. The summed E-state index contributed by atoms with van der Waals surface area (Å²) >= 11 is 0. The van der Waals surface area contributed by atoms with Crippen molar-refractivity contribution in [2.45, 2.75) is 0 Å². The molecule has 6 nitrogen and oxygen atoms in total. The van der Waals surface area contributed by atoms with E-state index in [9.17, 15) is 9.90 Å². The summed E-state index contributed by atoms with van der Waals surface area (Å²) in [5.41, 5.74) is 5.79. The number of nitrogens with two attached hydrogens (primary N) is 1. The van der Waals surface area contributed by atoms with Gasteiger partial charge in [-0.1, -0.05) is 6.07 Å². The predicted molar refractivity (Wildman–Crippen MR) is 63.7 cm³/mol. The highest BCUT2D eigenvalue weighted by atomic mass is 16.3. The molecule has 1 amide bonds. The fourth-order valence-corrected chi connectivity index (χ4v) is 1.41. The van der Waals surface area contributed by atoms with Crippen LogP contribution < -0.4 is 11.1 Å². The monoisotopic (exact) mass is 232 g/mol. The SMILES string of the molecule is Cn1ccc(NC(=O)c2cccc(N)c2O)n1. The number of nitrogens with one attached hydrogen (secondary N) is 1. The number of phenolic OH excluding ortho intramolecular Hbond substituents is 1. The fourth-order valence-electron chi connectivity index (χ4n) is 1.41. The van der Waals surface area contributed by atoms with Crippen molar-refractivity contribution in [3.05, 3.63) is 36.0 Å². The zero-order valence-corrected chi connectivity index (χ0v) is 9.21. The van der Waals surface area contributed by atoms with E-state index in [4.69, 9.17) is 5.73 Å². The topological polar surface area (TPSA) is 93.2 Å². The van der Waals surface area contributed by atoms with Gasteiger partial charge in [-0.3, -0.25) is 9.48 Å². The molecule has 1 aromatic carbocycles. The number of nitrogens with zero attached hydrogens (tertiary/aromatic N) is 2. The molecule has 0 bridgehead atoms. The van der Waals surface area contributed by atoms with Gasteiger partial charge in [0.25, 0.3) is 5.91 Å². The summed E-state index contributed by atoms with van der Waals surface area (Å²) in [6.07, 6.45) is 1.70. The van der Waals surface area contributed by atoms with E-state index >= 15 is 0 Å². The third-order valence-electron chi connectivity index (χ3n) is 2.27. The van der Waals surface area contributed by atoms with Gasteiger partial charge in [0.1, 0.15) is 0 Å². The van der Waals surface area contributed by atoms with E-state index in [2.05, 4.69) is 10.4 Å². The van der Waals surface area contributed by atoms with Crippen LogP contribution in [0.4, 0.5) is 11.5 Å². The quantitative estimate of drug-likeness (QED) is 0.531. The third kappa shape index (κ3) is 2.20. The van der Waals surface area contributed by atoms with Crippen molar-refractivity contribution in [2.24, 2.45) is 7.05 Å². The van der Waals surface area contributed by atoms with Crippen LogP contribution >= 0.6 is 0 Å². The molecule has 2 aromatic rings. The minimum Gasteiger partial charge on any atom is -0.505 e. The van der Waals surface area contributed by atoms with Crippen LogP contribution in [0.15, 0.2) is 30.5 Å². The molecule has 0 atom stereocenters. The lowest BCUT2D eigenvalue weighted by molar-refractivity contribution is 0.102. The number of carbonyl (C=O) groups is 1. The molecule has 0 fully saturated rings. The molecule has 1 heterocycles. The molecule has 0 saturated heterocycles. The van der Waals surface area contributed by atoms with Crippen LogP contribution in [-0.2, 0) is 7.05 Å². The van der Waals surface area contributed by atoms with Crippen LogP contribution in [0.5, 0.6) is 5.75 Å². The Kier molecular flexibility index (Phi) is 2.70. The number of aromatic hydroxyl groups is 1. The number of anilines is 2. The van der Waals surface area contributed by atoms with E-state index in [-0.39, 0.29) is 17.0 Å². The maximum Gasteiger partial charge on any atom is 0.260 e. The Hall–Kier alpha value is -2.50. The summed E-state index contributed by atoms with van der Waals surface area (Å²) in [5.74, 6) is -0.256. The highest BCUT2D eigenvalue weighted by Gasteiger charge is 2.13. The van der Waals surface area contributed by atoms with Crippen LogP contribution in [0.25, 0.3) is 0 Å². The third-order valence-corrected chi connectivity index (χ3v) is 2.27. The molecule has 0 saturated carbocycles. The number of phenols is 1. The lowest BCUT2D eigenvalue weighted by Crippen LogP contribution is -2.13.